The van der Waals surface area contributed by atoms with Gasteiger partial charge in [0.25, 0.3) is 5.69 Å². The molecule has 0 aliphatic rings. The smallest absolute Gasteiger partial charge is 0.336 e. The molecule has 0 radical (unpaired) electrons. The molecule has 144 valence electrons. The first kappa shape index (κ1) is 19.5. The van der Waals surface area contributed by atoms with Gasteiger partial charge in [0.05, 0.1) is 15.1 Å². The lowest BCUT2D eigenvalue weighted by atomic mass is 10.2. The van der Waals surface area contributed by atoms with E-state index in [1.54, 1.807) is 35.6 Å². The van der Waals surface area contributed by atoms with E-state index in [2.05, 4.69) is 23.7 Å². The number of carbonyl (C=O) groups is 1. The van der Waals surface area contributed by atoms with Crippen LogP contribution in [-0.2, 0) is 4.79 Å². The summed E-state index contributed by atoms with van der Waals surface area (Å²) >= 11 is 1.55. The molecule has 0 unspecified atom stereocenters. The highest BCUT2D eigenvalue weighted by atomic mass is 32.1. The van der Waals surface area contributed by atoms with Crippen molar-refractivity contribution >= 4 is 44.4 Å². The van der Waals surface area contributed by atoms with E-state index in [1.165, 1.54) is 24.3 Å². The molecule has 0 amide bonds. The molecule has 0 aliphatic carbocycles. The van der Waals surface area contributed by atoms with Crippen molar-refractivity contribution in [2.45, 2.75) is 13.8 Å². The molecule has 1 aromatic heterocycles. The van der Waals surface area contributed by atoms with Gasteiger partial charge >= 0.3 is 5.97 Å². The van der Waals surface area contributed by atoms with Gasteiger partial charge in [0.15, 0.2) is 5.13 Å². The molecule has 0 spiro atoms. The Balaban J connectivity index is 1.72. The summed E-state index contributed by atoms with van der Waals surface area (Å²) in [5.74, 6) is -0.129. The van der Waals surface area contributed by atoms with E-state index in [4.69, 9.17) is 4.74 Å². The van der Waals surface area contributed by atoms with Gasteiger partial charge in [-0.2, -0.15) is 0 Å². The Kier molecular flexibility index (Phi) is 6.00. The first-order valence-corrected chi connectivity index (χ1v) is 9.61. The molecule has 0 saturated heterocycles. The minimum absolute atomic E-state index is 0.0322. The number of aromatic nitrogens is 1. The Morgan fingerprint density at radius 1 is 1.25 bits per heavy atom. The maximum atomic E-state index is 12.1. The average molecular weight is 397 g/mol. The van der Waals surface area contributed by atoms with E-state index in [9.17, 15) is 14.9 Å². The van der Waals surface area contributed by atoms with Crippen LogP contribution in [0.3, 0.4) is 0 Å². The molecule has 28 heavy (non-hydrogen) atoms. The summed E-state index contributed by atoms with van der Waals surface area (Å²) in [5, 5.41) is 11.7. The van der Waals surface area contributed by atoms with Gasteiger partial charge in [-0.3, -0.25) is 10.1 Å². The number of benzene rings is 2. The Morgan fingerprint density at radius 3 is 2.75 bits per heavy atom. The zero-order valence-corrected chi connectivity index (χ0v) is 16.3. The number of anilines is 1. The second kappa shape index (κ2) is 8.62. The van der Waals surface area contributed by atoms with Crippen LogP contribution in [0, 0.1) is 10.1 Å². The van der Waals surface area contributed by atoms with Crippen molar-refractivity contribution in [1.82, 2.24) is 4.98 Å². The molecule has 0 aliphatic heterocycles. The summed E-state index contributed by atoms with van der Waals surface area (Å²) < 4.78 is 6.29. The van der Waals surface area contributed by atoms with Crippen LogP contribution < -0.4 is 9.64 Å². The van der Waals surface area contributed by atoms with Gasteiger partial charge in [-0.1, -0.05) is 23.5 Å². The predicted molar refractivity (Wildman–Crippen MR) is 111 cm³/mol. The van der Waals surface area contributed by atoms with E-state index >= 15 is 0 Å². The van der Waals surface area contributed by atoms with Crippen molar-refractivity contribution in [3.63, 3.8) is 0 Å². The third kappa shape index (κ3) is 4.52. The number of ether oxygens (including phenoxy) is 1. The molecule has 8 heteroatoms. The quantitative estimate of drug-likeness (QED) is 0.189. The van der Waals surface area contributed by atoms with Crippen molar-refractivity contribution in [2.75, 3.05) is 18.0 Å². The number of nitrogens with zero attached hydrogens (tertiary/aromatic N) is 3. The molecule has 0 bridgehead atoms. The van der Waals surface area contributed by atoms with Crippen molar-refractivity contribution in [3.05, 3.63) is 64.2 Å². The number of thiazole rings is 1. The molecule has 7 nitrogen and oxygen atoms in total. The van der Waals surface area contributed by atoms with Gasteiger partial charge in [-0.15, -0.1) is 0 Å². The zero-order valence-electron chi connectivity index (χ0n) is 15.5. The number of carbonyl (C=O) groups excluding carboxylic acids is 1. The molecule has 1 heterocycles. The van der Waals surface area contributed by atoms with Crippen LogP contribution in [0.4, 0.5) is 10.8 Å². The second-order valence-corrected chi connectivity index (χ2v) is 6.91. The summed E-state index contributed by atoms with van der Waals surface area (Å²) in [6.45, 7) is 5.91. The number of esters is 1. The monoisotopic (exact) mass is 397 g/mol. The van der Waals surface area contributed by atoms with Crippen LogP contribution in [-0.4, -0.2) is 29.0 Å². The first-order valence-electron chi connectivity index (χ1n) is 8.80. The molecular weight excluding hydrogens is 378 g/mol. The Morgan fingerprint density at radius 2 is 2.04 bits per heavy atom. The fraction of sp³-hybridized carbons (Fsp3) is 0.200. The third-order valence-electron chi connectivity index (χ3n) is 4.09. The highest BCUT2D eigenvalue weighted by molar-refractivity contribution is 7.22. The molecule has 0 atom stereocenters. The molecule has 0 saturated carbocycles. The highest BCUT2D eigenvalue weighted by Crippen LogP contribution is 2.31. The Hall–Kier alpha value is -3.26. The molecular formula is C20H19N3O4S. The van der Waals surface area contributed by atoms with Crippen LogP contribution in [0.5, 0.6) is 5.75 Å². The lowest BCUT2D eigenvalue weighted by Crippen LogP contribution is -2.21. The summed E-state index contributed by atoms with van der Waals surface area (Å²) in [5.41, 5.74) is 1.38. The summed E-state index contributed by atoms with van der Waals surface area (Å²) in [6, 6.07) is 11.3. The molecule has 2 aromatic carbocycles. The average Bonchev–Trinajstić information content (AvgIpc) is 3.10. The van der Waals surface area contributed by atoms with Gasteiger partial charge < -0.3 is 9.64 Å². The fourth-order valence-electron chi connectivity index (χ4n) is 2.64. The lowest BCUT2D eigenvalue weighted by Gasteiger charge is -2.16. The molecule has 3 rings (SSSR count). The number of hydrogen-bond acceptors (Lipinski definition) is 7. The molecule has 3 aromatic rings. The Bertz CT molecular complexity index is 1040. The van der Waals surface area contributed by atoms with Crippen LogP contribution in [0.2, 0.25) is 0 Å². The third-order valence-corrected chi connectivity index (χ3v) is 5.17. The number of hydrogen-bond donors (Lipinski definition) is 0. The number of nitro benzene ring substituents is 1. The normalized spacial score (nSPS) is 11.1. The number of fused-ring (bicyclic) bond motifs is 1. The standard InChI is InChI=1S/C20H19N3O4S/c1-3-22(4-2)20-21-17-10-9-16(13-18(17)28-20)27-19(24)11-8-14-6-5-7-15(12-14)23(25)26/h5-13H,3-4H2,1-2H3. The fourth-order valence-corrected chi connectivity index (χ4v) is 3.76. The maximum absolute atomic E-state index is 12.1. The van der Waals surface area contributed by atoms with Crippen LogP contribution in [0.25, 0.3) is 16.3 Å². The summed E-state index contributed by atoms with van der Waals surface area (Å²) in [4.78, 5) is 29.2. The van der Waals surface area contributed by atoms with Gasteiger partial charge in [0.2, 0.25) is 0 Å². The molecule has 0 fully saturated rings. The first-order chi connectivity index (χ1) is 13.5. The van der Waals surface area contributed by atoms with Crippen LogP contribution in [0.15, 0.2) is 48.5 Å². The topological polar surface area (TPSA) is 85.6 Å². The van der Waals surface area contributed by atoms with E-state index in [-0.39, 0.29) is 5.69 Å². The minimum Gasteiger partial charge on any atom is -0.423 e. The SMILES string of the molecule is CCN(CC)c1nc2ccc(OC(=O)C=Cc3cccc([N+](=O)[O-])c3)cc2s1. The minimum atomic E-state index is -0.556. The zero-order chi connectivity index (χ0) is 20.1. The van der Waals surface area contributed by atoms with Gasteiger partial charge in [-0.25, -0.2) is 9.78 Å². The highest BCUT2D eigenvalue weighted by Gasteiger charge is 2.11. The van der Waals surface area contributed by atoms with E-state index < -0.39 is 10.9 Å². The number of rotatable bonds is 7. The van der Waals surface area contributed by atoms with Gasteiger partial charge in [0.1, 0.15) is 5.75 Å². The van der Waals surface area contributed by atoms with E-state index in [0.29, 0.717) is 11.3 Å². The molecule has 0 N–H and O–H groups in total. The van der Waals surface area contributed by atoms with Crippen molar-refractivity contribution in [1.29, 1.82) is 0 Å². The summed E-state index contributed by atoms with van der Waals surface area (Å²) in [6.07, 6.45) is 2.73. The largest absolute Gasteiger partial charge is 0.423 e. The van der Waals surface area contributed by atoms with Crippen LogP contribution in [0.1, 0.15) is 19.4 Å². The predicted octanol–water partition coefficient (Wildman–Crippen LogP) is 4.67. The number of nitro groups is 1. The van der Waals surface area contributed by atoms with E-state index in [1.807, 2.05) is 6.07 Å². The van der Waals surface area contributed by atoms with Crippen LogP contribution >= 0.6 is 11.3 Å². The number of non-ortho nitro benzene ring substituents is 1. The second-order valence-electron chi connectivity index (χ2n) is 5.90. The summed E-state index contributed by atoms with van der Waals surface area (Å²) in [7, 11) is 0. The van der Waals surface area contributed by atoms with Crippen molar-refractivity contribution < 1.29 is 14.5 Å². The van der Waals surface area contributed by atoms with Gasteiger partial charge in [0, 0.05) is 37.4 Å². The lowest BCUT2D eigenvalue weighted by molar-refractivity contribution is -0.384. The van der Waals surface area contributed by atoms with Crippen molar-refractivity contribution in [2.24, 2.45) is 0 Å². The van der Waals surface area contributed by atoms with E-state index in [0.717, 1.165) is 28.4 Å². The van der Waals surface area contributed by atoms with Crippen molar-refractivity contribution in [3.8, 4) is 5.75 Å². The Labute approximate surface area is 166 Å². The van der Waals surface area contributed by atoms with Gasteiger partial charge in [-0.05, 0) is 37.6 Å². The maximum Gasteiger partial charge on any atom is 0.336 e.